The van der Waals surface area contributed by atoms with E-state index in [0.717, 1.165) is 38.5 Å². The number of amides is 1. The van der Waals surface area contributed by atoms with Crippen LogP contribution in [0.2, 0.25) is 0 Å². The van der Waals surface area contributed by atoms with Gasteiger partial charge in [0.2, 0.25) is 5.91 Å². The molecular weight excluding hydrogens is 756 g/mol. The van der Waals surface area contributed by atoms with Crippen molar-refractivity contribution in [1.82, 2.24) is 5.32 Å². The Kier molecular flexibility index (Phi) is 45.7. The summed E-state index contributed by atoms with van der Waals surface area (Å²) in [5, 5.41) is 13.7. The molecule has 59 heavy (non-hydrogen) atoms. The fourth-order valence-electron chi connectivity index (χ4n) is 7.66. The van der Waals surface area contributed by atoms with Crippen molar-refractivity contribution in [2.24, 2.45) is 5.73 Å². The smallest absolute Gasteiger partial charge is 0.387 e. The summed E-state index contributed by atoms with van der Waals surface area (Å²) >= 11 is 0. The molecule has 9 heteroatoms. The first-order chi connectivity index (χ1) is 28.9. The first-order valence-corrected chi connectivity index (χ1v) is 27.0. The number of phosphoric ester groups is 1. The first kappa shape index (κ1) is 58.0. The van der Waals surface area contributed by atoms with Crippen LogP contribution >= 0.6 is 7.82 Å². The Morgan fingerprint density at radius 2 is 0.881 bits per heavy atom. The highest BCUT2D eigenvalue weighted by Crippen LogP contribution is 2.43. The molecule has 3 unspecified atom stereocenters. The molecule has 0 aromatic carbocycles. The van der Waals surface area contributed by atoms with E-state index in [9.17, 15) is 19.4 Å². The molecule has 0 aliphatic rings. The zero-order valence-corrected chi connectivity index (χ0v) is 39.9. The molecule has 0 spiro atoms. The average molecular weight is 855 g/mol. The van der Waals surface area contributed by atoms with Gasteiger partial charge in [0.25, 0.3) is 0 Å². The minimum absolute atomic E-state index is 0.0795. The highest BCUT2D eigenvalue weighted by molar-refractivity contribution is 7.47. The Bertz CT molecular complexity index is 979. The normalized spacial score (nSPS) is 14.1. The molecule has 5 N–H and O–H groups in total. The average Bonchev–Trinajstić information content (AvgIpc) is 3.22. The molecule has 350 valence electrons. The van der Waals surface area contributed by atoms with E-state index < -0.39 is 20.0 Å². The lowest BCUT2D eigenvalue weighted by Gasteiger charge is -2.23. The van der Waals surface area contributed by atoms with Crippen molar-refractivity contribution < 1.29 is 28.4 Å². The molecule has 0 aromatic rings. The van der Waals surface area contributed by atoms with E-state index in [1.165, 1.54) is 199 Å². The van der Waals surface area contributed by atoms with E-state index in [-0.39, 0.29) is 25.7 Å². The Morgan fingerprint density at radius 3 is 1.25 bits per heavy atom. The van der Waals surface area contributed by atoms with Crippen molar-refractivity contribution in [2.75, 3.05) is 19.8 Å². The summed E-state index contributed by atoms with van der Waals surface area (Å²) in [6.45, 7) is 4.17. The Balaban J connectivity index is 4.09. The predicted octanol–water partition coefficient (Wildman–Crippen LogP) is 14.9. The third-order valence-corrected chi connectivity index (χ3v) is 12.5. The fourth-order valence-corrected chi connectivity index (χ4v) is 8.42. The van der Waals surface area contributed by atoms with Crippen LogP contribution in [0.25, 0.3) is 0 Å². The Hall–Kier alpha value is -1.02. The van der Waals surface area contributed by atoms with Gasteiger partial charge in [-0.3, -0.25) is 13.8 Å². The topological polar surface area (TPSA) is 131 Å². The van der Waals surface area contributed by atoms with Gasteiger partial charge in [-0.15, -0.1) is 0 Å². The highest BCUT2D eigenvalue weighted by atomic mass is 31.2. The zero-order chi connectivity index (χ0) is 43.2. The van der Waals surface area contributed by atoms with Gasteiger partial charge in [0, 0.05) is 13.0 Å². The second kappa shape index (κ2) is 46.5. The summed E-state index contributed by atoms with van der Waals surface area (Å²) in [7, 11) is -4.34. The number of phosphoric acid groups is 1. The standard InChI is InChI=1S/C50H99N2O6P/c1-3-5-7-9-11-13-15-17-19-21-23-24-26-28-30-32-34-36-38-40-42-44-50(54)52-48(47-58-59(55,56)57-46-45-51)49(53)43-41-39-37-35-33-31-29-27-25-22-20-18-16-14-12-10-8-6-4-2/h21,23,41,43,48-49,53H,3-20,22,24-40,42,44-47,51H2,1-2H3,(H,52,54)(H,55,56)/b23-21-,43-41+. The van der Waals surface area contributed by atoms with Crippen LogP contribution in [-0.4, -0.2) is 47.8 Å². The van der Waals surface area contributed by atoms with E-state index in [0.29, 0.717) is 6.42 Å². The number of carbonyl (C=O) groups excluding carboxylic acids is 1. The lowest BCUT2D eigenvalue weighted by atomic mass is 10.0. The molecule has 0 aliphatic carbocycles. The number of unbranched alkanes of at least 4 members (excludes halogenated alkanes) is 34. The van der Waals surface area contributed by atoms with Gasteiger partial charge in [-0.1, -0.05) is 231 Å². The number of nitrogens with one attached hydrogen (secondary N) is 1. The van der Waals surface area contributed by atoms with Gasteiger partial charge in [0.1, 0.15) is 0 Å². The maximum atomic E-state index is 12.8. The number of rotatable bonds is 48. The SMILES string of the molecule is CCCCCCCCCC/C=C\CCCCCCCCCCCC(=O)NC(COP(=O)(O)OCCN)C(O)/C=C/CCCCCCCCCCCCCCCCCCC. The number of hydrogen-bond donors (Lipinski definition) is 4. The molecule has 0 radical (unpaired) electrons. The van der Waals surface area contributed by atoms with Crippen molar-refractivity contribution >= 4 is 13.7 Å². The minimum Gasteiger partial charge on any atom is -0.387 e. The number of carbonyl (C=O) groups is 1. The third-order valence-electron chi connectivity index (χ3n) is 11.5. The second-order valence-electron chi connectivity index (χ2n) is 17.4. The van der Waals surface area contributed by atoms with E-state index in [2.05, 4.69) is 31.3 Å². The summed E-state index contributed by atoms with van der Waals surface area (Å²) in [6, 6.07) is -0.860. The summed E-state index contributed by atoms with van der Waals surface area (Å²) in [5.41, 5.74) is 5.39. The molecule has 0 bridgehead atoms. The molecule has 0 rings (SSSR count). The Labute approximate surface area is 366 Å². The lowest BCUT2D eigenvalue weighted by Crippen LogP contribution is -2.45. The van der Waals surface area contributed by atoms with Crippen molar-refractivity contribution in [3.8, 4) is 0 Å². The largest absolute Gasteiger partial charge is 0.472 e. The molecule has 0 saturated carbocycles. The predicted molar refractivity (Wildman–Crippen MR) is 254 cm³/mol. The van der Waals surface area contributed by atoms with Gasteiger partial charge in [-0.25, -0.2) is 4.57 Å². The quantitative estimate of drug-likeness (QED) is 0.0272. The highest BCUT2D eigenvalue weighted by Gasteiger charge is 2.26. The van der Waals surface area contributed by atoms with E-state index in [1.807, 2.05) is 6.08 Å². The Morgan fingerprint density at radius 1 is 0.542 bits per heavy atom. The maximum absolute atomic E-state index is 12.8. The number of nitrogens with two attached hydrogens (primary N) is 1. The third kappa shape index (κ3) is 44.8. The van der Waals surface area contributed by atoms with Crippen molar-refractivity contribution in [1.29, 1.82) is 0 Å². The summed E-state index contributed by atoms with van der Waals surface area (Å²) in [4.78, 5) is 22.8. The number of aliphatic hydroxyl groups is 1. The summed E-state index contributed by atoms with van der Waals surface area (Å²) in [5.74, 6) is -0.193. The number of aliphatic hydroxyl groups excluding tert-OH is 1. The summed E-state index contributed by atoms with van der Waals surface area (Å²) < 4.78 is 22.2. The molecule has 0 heterocycles. The molecule has 0 aliphatic heterocycles. The van der Waals surface area contributed by atoms with Crippen LogP contribution in [0.15, 0.2) is 24.3 Å². The molecule has 3 atom stereocenters. The van der Waals surface area contributed by atoms with Crippen LogP contribution in [0, 0.1) is 0 Å². The monoisotopic (exact) mass is 855 g/mol. The fraction of sp³-hybridized carbons (Fsp3) is 0.900. The zero-order valence-electron chi connectivity index (χ0n) is 39.0. The van der Waals surface area contributed by atoms with Crippen LogP contribution in [0.1, 0.15) is 258 Å². The van der Waals surface area contributed by atoms with Crippen molar-refractivity contribution in [3.05, 3.63) is 24.3 Å². The molecule has 8 nitrogen and oxygen atoms in total. The molecule has 0 saturated heterocycles. The lowest BCUT2D eigenvalue weighted by molar-refractivity contribution is -0.123. The van der Waals surface area contributed by atoms with Crippen molar-refractivity contribution in [2.45, 2.75) is 270 Å². The maximum Gasteiger partial charge on any atom is 0.472 e. The summed E-state index contributed by atoms with van der Waals surface area (Å²) in [6.07, 6.45) is 55.2. The molecule has 0 aromatic heterocycles. The van der Waals surface area contributed by atoms with Crippen LogP contribution in [0.4, 0.5) is 0 Å². The molecular formula is C50H99N2O6P. The van der Waals surface area contributed by atoms with Crippen LogP contribution in [0.5, 0.6) is 0 Å². The van der Waals surface area contributed by atoms with Gasteiger partial charge in [-0.2, -0.15) is 0 Å². The minimum atomic E-state index is -4.34. The number of hydrogen-bond acceptors (Lipinski definition) is 6. The van der Waals surface area contributed by atoms with Gasteiger partial charge in [0.15, 0.2) is 0 Å². The van der Waals surface area contributed by atoms with Gasteiger partial charge >= 0.3 is 7.82 Å². The first-order valence-electron chi connectivity index (χ1n) is 25.5. The van der Waals surface area contributed by atoms with E-state index in [1.54, 1.807) is 6.08 Å². The van der Waals surface area contributed by atoms with Gasteiger partial charge < -0.3 is 21.1 Å². The van der Waals surface area contributed by atoms with Crippen LogP contribution < -0.4 is 11.1 Å². The van der Waals surface area contributed by atoms with Gasteiger partial charge in [0.05, 0.1) is 25.4 Å². The van der Waals surface area contributed by atoms with Gasteiger partial charge in [-0.05, 0) is 44.9 Å². The van der Waals surface area contributed by atoms with Crippen LogP contribution in [-0.2, 0) is 18.4 Å². The second-order valence-corrected chi connectivity index (χ2v) is 18.8. The van der Waals surface area contributed by atoms with E-state index in [4.69, 9.17) is 14.8 Å². The molecule has 0 fully saturated rings. The van der Waals surface area contributed by atoms with Crippen LogP contribution in [0.3, 0.4) is 0 Å². The number of allylic oxidation sites excluding steroid dienone is 3. The van der Waals surface area contributed by atoms with Crippen molar-refractivity contribution in [3.63, 3.8) is 0 Å². The molecule has 1 amide bonds. The van der Waals surface area contributed by atoms with E-state index >= 15 is 0 Å².